The van der Waals surface area contributed by atoms with E-state index in [1.807, 2.05) is 18.2 Å². The van der Waals surface area contributed by atoms with Crippen LogP contribution in [0.2, 0.25) is 5.15 Å². The van der Waals surface area contributed by atoms with E-state index >= 15 is 0 Å². The largest absolute Gasteiger partial charge is 0.338 e. The number of fused-ring (bicyclic) bond motifs is 1. The molecule has 0 aliphatic heterocycles. The highest BCUT2D eigenvalue weighted by atomic mass is 35.5. The van der Waals surface area contributed by atoms with Gasteiger partial charge >= 0.3 is 0 Å². The van der Waals surface area contributed by atoms with Crippen LogP contribution in [0.3, 0.4) is 0 Å². The summed E-state index contributed by atoms with van der Waals surface area (Å²) in [5.74, 6) is 0.433. The molecule has 0 fully saturated rings. The van der Waals surface area contributed by atoms with Crippen LogP contribution in [0.5, 0.6) is 0 Å². The highest BCUT2D eigenvalue weighted by Gasteiger charge is 2.09. The first kappa shape index (κ1) is 13.7. The van der Waals surface area contributed by atoms with E-state index in [9.17, 15) is 4.79 Å². The summed E-state index contributed by atoms with van der Waals surface area (Å²) in [6.45, 7) is 1.45. The Morgan fingerprint density at radius 1 is 1.33 bits per heavy atom. The molecule has 0 saturated heterocycles. The number of hydrogen-bond donors (Lipinski definition) is 2. The number of thiazole rings is 1. The average Bonchev–Trinajstić information content (AvgIpc) is 2.81. The fourth-order valence-electron chi connectivity index (χ4n) is 1.79. The maximum atomic E-state index is 11.1. The zero-order valence-electron chi connectivity index (χ0n) is 10.9. The number of para-hydroxylation sites is 1. The van der Waals surface area contributed by atoms with Crippen LogP contribution in [0.1, 0.15) is 6.92 Å². The molecule has 0 saturated carbocycles. The van der Waals surface area contributed by atoms with Crippen LogP contribution in [0.15, 0.2) is 30.6 Å². The molecule has 1 aromatic carbocycles. The highest BCUT2D eigenvalue weighted by molar-refractivity contribution is 7.22. The van der Waals surface area contributed by atoms with E-state index in [0.29, 0.717) is 16.1 Å². The molecule has 6 nitrogen and oxygen atoms in total. The van der Waals surface area contributed by atoms with Gasteiger partial charge in [-0.15, -0.1) is 0 Å². The van der Waals surface area contributed by atoms with Gasteiger partial charge in [-0.3, -0.25) is 4.79 Å². The monoisotopic (exact) mass is 319 g/mol. The molecule has 0 radical (unpaired) electrons. The van der Waals surface area contributed by atoms with Gasteiger partial charge in [0, 0.05) is 13.0 Å². The van der Waals surface area contributed by atoms with E-state index < -0.39 is 0 Å². The molecule has 2 N–H and O–H groups in total. The Bertz CT molecular complexity index is 819. The molecule has 106 valence electrons. The van der Waals surface area contributed by atoms with Crippen LogP contribution >= 0.6 is 22.9 Å². The lowest BCUT2D eigenvalue weighted by molar-refractivity contribution is -0.114. The number of carbonyl (C=O) groups excluding carboxylic acids is 1. The van der Waals surface area contributed by atoms with Crippen molar-refractivity contribution in [1.29, 1.82) is 0 Å². The third-order valence-electron chi connectivity index (χ3n) is 2.60. The Labute approximate surface area is 129 Å². The summed E-state index contributed by atoms with van der Waals surface area (Å²) in [5.41, 5.74) is 1.55. The highest BCUT2D eigenvalue weighted by Crippen LogP contribution is 2.32. The van der Waals surface area contributed by atoms with Crippen molar-refractivity contribution in [2.24, 2.45) is 0 Å². The molecule has 0 unspecified atom stereocenters. The summed E-state index contributed by atoms with van der Waals surface area (Å²) in [6, 6.07) is 7.36. The first-order valence-electron chi connectivity index (χ1n) is 6.03. The molecule has 0 aliphatic rings. The van der Waals surface area contributed by atoms with Crippen LogP contribution in [-0.4, -0.2) is 20.9 Å². The maximum Gasteiger partial charge on any atom is 0.223 e. The SMILES string of the molecule is CC(=O)Nc1nc2c(Nc3cc(Cl)ncn3)cccc2s1. The zero-order chi connectivity index (χ0) is 14.8. The molecule has 3 aromatic rings. The Balaban J connectivity index is 1.98. The second-order valence-corrected chi connectivity index (χ2v) is 5.62. The number of benzene rings is 1. The van der Waals surface area contributed by atoms with Crippen molar-refractivity contribution < 1.29 is 4.79 Å². The van der Waals surface area contributed by atoms with E-state index in [1.54, 1.807) is 6.07 Å². The van der Waals surface area contributed by atoms with E-state index in [1.165, 1.54) is 24.6 Å². The van der Waals surface area contributed by atoms with Crippen molar-refractivity contribution in [3.05, 3.63) is 35.7 Å². The average molecular weight is 320 g/mol. The molecular formula is C13H10ClN5OS. The summed E-state index contributed by atoms with van der Waals surface area (Å²) >= 11 is 7.25. The lowest BCUT2D eigenvalue weighted by Gasteiger charge is -2.05. The van der Waals surface area contributed by atoms with E-state index in [4.69, 9.17) is 11.6 Å². The van der Waals surface area contributed by atoms with Crippen LogP contribution in [0.25, 0.3) is 10.2 Å². The molecule has 21 heavy (non-hydrogen) atoms. The summed E-state index contributed by atoms with van der Waals surface area (Å²) in [4.78, 5) is 23.5. The van der Waals surface area contributed by atoms with Gasteiger partial charge in [0.15, 0.2) is 5.13 Å². The Morgan fingerprint density at radius 2 is 2.19 bits per heavy atom. The van der Waals surface area contributed by atoms with Crippen molar-refractivity contribution in [2.75, 3.05) is 10.6 Å². The van der Waals surface area contributed by atoms with E-state index in [0.717, 1.165) is 15.9 Å². The third-order valence-corrected chi connectivity index (χ3v) is 3.74. The Morgan fingerprint density at radius 3 is 2.95 bits per heavy atom. The molecule has 2 aromatic heterocycles. The first-order valence-corrected chi connectivity index (χ1v) is 7.23. The molecule has 1 amide bonds. The van der Waals surface area contributed by atoms with Gasteiger partial charge in [0.05, 0.1) is 10.4 Å². The summed E-state index contributed by atoms with van der Waals surface area (Å²) < 4.78 is 0.962. The number of anilines is 3. The predicted octanol–water partition coefficient (Wildman–Crippen LogP) is 3.44. The van der Waals surface area contributed by atoms with Crippen molar-refractivity contribution >= 4 is 55.7 Å². The molecular weight excluding hydrogens is 310 g/mol. The fourth-order valence-corrected chi connectivity index (χ4v) is 2.88. The lowest BCUT2D eigenvalue weighted by Crippen LogP contribution is -2.04. The molecule has 0 bridgehead atoms. The third kappa shape index (κ3) is 3.09. The van der Waals surface area contributed by atoms with Crippen molar-refractivity contribution in [3.8, 4) is 0 Å². The molecule has 8 heteroatoms. The first-order chi connectivity index (χ1) is 10.1. The topological polar surface area (TPSA) is 79.8 Å². The Kier molecular flexibility index (Phi) is 3.68. The molecule has 0 atom stereocenters. The maximum absolute atomic E-state index is 11.1. The van der Waals surface area contributed by atoms with E-state index in [2.05, 4.69) is 25.6 Å². The minimum atomic E-state index is -0.147. The van der Waals surface area contributed by atoms with Crippen molar-refractivity contribution in [2.45, 2.75) is 6.92 Å². The van der Waals surface area contributed by atoms with Crippen LogP contribution < -0.4 is 10.6 Å². The smallest absolute Gasteiger partial charge is 0.223 e. The summed E-state index contributed by atoms with van der Waals surface area (Å²) in [6.07, 6.45) is 1.38. The molecule has 0 spiro atoms. The standard InChI is InChI=1S/C13H10ClN5OS/c1-7(20)17-13-19-12-8(3-2-4-9(12)21-13)18-11-5-10(14)15-6-16-11/h2-6H,1H3,(H,15,16,18)(H,17,19,20). The van der Waals surface area contributed by atoms with Gasteiger partial charge < -0.3 is 10.6 Å². The predicted molar refractivity (Wildman–Crippen MR) is 84.2 cm³/mol. The number of aromatic nitrogens is 3. The minimum absolute atomic E-state index is 0.147. The fraction of sp³-hybridized carbons (Fsp3) is 0.0769. The minimum Gasteiger partial charge on any atom is -0.338 e. The van der Waals surface area contributed by atoms with Crippen molar-refractivity contribution in [1.82, 2.24) is 15.0 Å². The van der Waals surface area contributed by atoms with Crippen LogP contribution in [0.4, 0.5) is 16.6 Å². The summed E-state index contributed by atoms with van der Waals surface area (Å²) in [7, 11) is 0. The quantitative estimate of drug-likeness (QED) is 0.723. The second-order valence-electron chi connectivity index (χ2n) is 4.20. The number of halogens is 1. The number of nitrogens with one attached hydrogen (secondary N) is 2. The van der Waals surface area contributed by atoms with Gasteiger partial charge in [-0.05, 0) is 12.1 Å². The zero-order valence-corrected chi connectivity index (χ0v) is 12.5. The summed E-state index contributed by atoms with van der Waals surface area (Å²) in [5, 5.41) is 6.76. The van der Waals surface area contributed by atoms with Crippen LogP contribution in [0, 0.1) is 0 Å². The van der Waals surface area contributed by atoms with E-state index in [-0.39, 0.29) is 5.91 Å². The number of hydrogen-bond acceptors (Lipinski definition) is 6. The second kappa shape index (κ2) is 5.63. The van der Waals surface area contributed by atoms with Gasteiger partial charge in [-0.2, -0.15) is 0 Å². The normalized spacial score (nSPS) is 10.6. The number of amides is 1. The van der Waals surface area contributed by atoms with Gasteiger partial charge in [-0.1, -0.05) is 29.0 Å². The molecule has 0 aliphatic carbocycles. The Hall–Kier alpha value is -2.25. The van der Waals surface area contributed by atoms with Gasteiger partial charge in [-0.25, -0.2) is 15.0 Å². The molecule has 2 heterocycles. The number of nitrogens with zero attached hydrogens (tertiary/aromatic N) is 3. The number of rotatable bonds is 3. The number of carbonyl (C=O) groups is 1. The molecule has 3 rings (SSSR count). The van der Waals surface area contributed by atoms with Gasteiger partial charge in [0.1, 0.15) is 22.8 Å². The van der Waals surface area contributed by atoms with Crippen LogP contribution in [-0.2, 0) is 4.79 Å². The van der Waals surface area contributed by atoms with Gasteiger partial charge in [0.25, 0.3) is 0 Å². The lowest BCUT2D eigenvalue weighted by atomic mass is 10.3. The van der Waals surface area contributed by atoms with Gasteiger partial charge in [0.2, 0.25) is 5.91 Å². The van der Waals surface area contributed by atoms with Crippen molar-refractivity contribution in [3.63, 3.8) is 0 Å².